The molecular weight excluding hydrogens is 212 g/mol. The van der Waals surface area contributed by atoms with Gasteiger partial charge >= 0.3 is 6.18 Å². The summed E-state index contributed by atoms with van der Waals surface area (Å²) in [5, 5.41) is -1.07. The standard InChI is InChI=1S/C6H3ClF4N2/c7-4-2(6(9,10)11)1-3(12)13-5(4)8/h1H,(H2,12,13). The lowest BCUT2D eigenvalue weighted by Gasteiger charge is -2.09. The lowest BCUT2D eigenvalue weighted by Crippen LogP contribution is -2.09. The van der Waals surface area contributed by atoms with E-state index in [0.717, 1.165) is 0 Å². The lowest BCUT2D eigenvalue weighted by molar-refractivity contribution is -0.137. The number of nitrogen functional groups attached to an aromatic ring is 1. The Hall–Kier alpha value is -1.04. The summed E-state index contributed by atoms with van der Waals surface area (Å²) in [5.74, 6) is -1.98. The van der Waals surface area contributed by atoms with Gasteiger partial charge in [-0.25, -0.2) is 4.98 Å². The topological polar surface area (TPSA) is 38.9 Å². The van der Waals surface area contributed by atoms with Crippen LogP contribution < -0.4 is 5.73 Å². The van der Waals surface area contributed by atoms with Crippen LogP contribution in [0.25, 0.3) is 0 Å². The molecule has 1 aromatic heterocycles. The summed E-state index contributed by atoms with van der Waals surface area (Å²) in [6.07, 6.45) is -4.73. The highest BCUT2D eigenvalue weighted by molar-refractivity contribution is 6.31. The van der Waals surface area contributed by atoms with E-state index in [1.165, 1.54) is 0 Å². The van der Waals surface area contributed by atoms with Gasteiger partial charge < -0.3 is 5.73 Å². The molecule has 2 N–H and O–H groups in total. The van der Waals surface area contributed by atoms with Gasteiger partial charge in [0.15, 0.2) is 0 Å². The molecule has 0 bridgehead atoms. The van der Waals surface area contributed by atoms with E-state index in [4.69, 9.17) is 17.3 Å². The SMILES string of the molecule is Nc1cc(C(F)(F)F)c(Cl)c(F)n1. The van der Waals surface area contributed by atoms with Gasteiger partial charge in [-0.3, -0.25) is 0 Å². The normalized spacial score (nSPS) is 11.8. The van der Waals surface area contributed by atoms with Crippen LogP contribution in [0.15, 0.2) is 6.07 Å². The molecule has 1 aromatic rings. The monoisotopic (exact) mass is 214 g/mol. The van der Waals surface area contributed by atoms with Crippen molar-refractivity contribution in [3.05, 3.63) is 22.6 Å². The number of hydrogen-bond donors (Lipinski definition) is 1. The summed E-state index contributed by atoms with van der Waals surface area (Å²) in [6, 6.07) is 0.478. The highest BCUT2D eigenvalue weighted by Gasteiger charge is 2.35. The average Bonchev–Trinajstić information content (AvgIpc) is 1.94. The Labute approximate surface area is 75.3 Å². The second kappa shape index (κ2) is 3.02. The summed E-state index contributed by atoms with van der Waals surface area (Å²) in [4.78, 5) is 2.93. The van der Waals surface area contributed by atoms with Gasteiger partial charge in [-0.15, -0.1) is 0 Å². The van der Waals surface area contributed by atoms with E-state index >= 15 is 0 Å². The van der Waals surface area contributed by atoms with Crippen molar-refractivity contribution in [1.29, 1.82) is 0 Å². The largest absolute Gasteiger partial charge is 0.418 e. The summed E-state index contributed by atoms with van der Waals surface area (Å²) in [7, 11) is 0. The first-order valence-electron chi connectivity index (χ1n) is 3.01. The first kappa shape index (κ1) is 10.0. The van der Waals surface area contributed by atoms with Crippen LogP contribution in [0.2, 0.25) is 5.02 Å². The molecule has 1 rings (SSSR count). The summed E-state index contributed by atoms with van der Waals surface area (Å²) < 4.78 is 48.8. The Morgan fingerprint density at radius 3 is 2.38 bits per heavy atom. The van der Waals surface area contributed by atoms with Gasteiger partial charge in [-0.05, 0) is 6.07 Å². The predicted octanol–water partition coefficient (Wildman–Crippen LogP) is 2.48. The Morgan fingerprint density at radius 2 is 1.92 bits per heavy atom. The van der Waals surface area contributed by atoms with Crippen LogP contribution in [0.4, 0.5) is 23.4 Å². The number of nitrogens with zero attached hydrogens (tertiary/aromatic N) is 1. The van der Waals surface area contributed by atoms with E-state index in [1.54, 1.807) is 0 Å². The smallest absolute Gasteiger partial charge is 0.384 e. The highest BCUT2D eigenvalue weighted by Crippen LogP contribution is 2.36. The fourth-order valence-electron chi connectivity index (χ4n) is 0.723. The Morgan fingerprint density at radius 1 is 1.38 bits per heavy atom. The molecule has 0 aliphatic carbocycles. The van der Waals surface area contributed by atoms with E-state index < -0.39 is 28.5 Å². The van der Waals surface area contributed by atoms with E-state index in [0.29, 0.717) is 6.07 Å². The van der Waals surface area contributed by atoms with Crippen LogP contribution in [-0.2, 0) is 6.18 Å². The van der Waals surface area contributed by atoms with Gasteiger partial charge in [-0.2, -0.15) is 17.6 Å². The maximum absolute atomic E-state index is 12.5. The molecule has 7 heteroatoms. The van der Waals surface area contributed by atoms with Gasteiger partial charge in [0.05, 0.1) is 5.56 Å². The molecule has 0 unspecified atom stereocenters. The molecule has 0 atom stereocenters. The van der Waals surface area contributed by atoms with Crippen LogP contribution in [0.1, 0.15) is 5.56 Å². The molecule has 72 valence electrons. The number of rotatable bonds is 0. The number of anilines is 1. The van der Waals surface area contributed by atoms with Crippen molar-refractivity contribution in [3.63, 3.8) is 0 Å². The summed E-state index contributed by atoms with van der Waals surface area (Å²) in [6.45, 7) is 0. The number of hydrogen-bond acceptors (Lipinski definition) is 2. The van der Waals surface area contributed by atoms with Crippen molar-refractivity contribution in [2.75, 3.05) is 5.73 Å². The first-order chi connectivity index (χ1) is 5.82. The second-order valence-electron chi connectivity index (χ2n) is 2.20. The Balaban J connectivity index is 3.37. The fourth-order valence-corrected chi connectivity index (χ4v) is 0.927. The molecule has 0 amide bonds. The number of halogens is 5. The minimum absolute atomic E-state index is 0.478. The third kappa shape index (κ3) is 2.00. The minimum Gasteiger partial charge on any atom is -0.384 e. The maximum atomic E-state index is 12.5. The van der Waals surface area contributed by atoms with Crippen molar-refractivity contribution >= 4 is 17.4 Å². The van der Waals surface area contributed by atoms with E-state index in [-0.39, 0.29) is 0 Å². The van der Waals surface area contributed by atoms with E-state index in [9.17, 15) is 17.6 Å². The molecular formula is C6H3ClF4N2. The molecule has 0 spiro atoms. The van der Waals surface area contributed by atoms with Gasteiger partial charge in [0, 0.05) is 0 Å². The number of aromatic nitrogens is 1. The van der Waals surface area contributed by atoms with Crippen LogP contribution in [0.5, 0.6) is 0 Å². The molecule has 0 fully saturated rings. The lowest BCUT2D eigenvalue weighted by atomic mass is 10.2. The molecule has 0 aliphatic rings. The van der Waals surface area contributed by atoms with Crippen molar-refractivity contribution in [1.82, 2.24) is 4.98 Å². The third-order valence-corrected chi connectivity index (χ3v) is 1.60. The molecule has 0 aromatic carbocycles. The van der Waals surface area contributed by atoms with E-state index in [2.05, 4.69) is 4.98 Å². The zero-order valence-corrected chi connectivity index (χ0v) is 6.75. The van der Waals surface area contributed by atoms with Crippen LogP contribution in [0.3, 0.4) is 0 Å². The quantitative estimate of drug-likeness (QED) is 0.532. The molecule has 0 aliphatic heterocycles. The minimum atomic E-state index is -4.73. The molecule has 0 saturated carbocycles. The molecule has 0 saturated heterocycles. The average molecular weight is 215 g/mol. The third-order valence-electron chi connectivity index (χ3n) is 1.24. The summed E-state index contributed by atoms with van der Waals surface area (Å²) >= 11 is 5.04. The second-order valence-corrected chi connectivity index (χ2v) is 2.58. The zero-order valence-electron chi connectivity index (χ0n) is 5.99. The van der Waals surface area contributed by atoms with Crippen molar-refractivity contribution in [2.24, 2.45) is 0 Å². The molecule has 0 radical (unpaired) electrons. The number of pyridine rings is 1. The molecule has 13 heavy (non-hydrogen) atoms. The van der Waals surface area contributed by atoms with Crippen molar-refractivity contribution < 1.29 is 17.6 Å². The maximum Gasteiger partial charge on any atom is 0.418 e. The van der Waals surface area contributed by atoms with Crippen LogP contribution in [0, 0.1) is 5.95 Å². The van der Waals surface area contributed by atoms with Gasteiger partial charge in [0.25, 0.3) is 0 Å². The van der Waals surface area contributed by atoms with Crippen LogP contribution in [-0.4, -0.2) is 4.98 Å². The van der Waals surface area contributed by atoms with Gasteiger partial charge in [0.2, 0.25) is 5.95 Å². The predicted molar refractivity (Wildman–Crippen MR) is 38.6 cm³/mol. The number of alkyl halides is 3. The molecule has 2 nitrogen and oxygen atoms in total. The van der Waals surface area contributed by atoms with E-state index in [1.807, 2.05) is 0 Å². The van der Waals surface area contributed by atoms with Crippen LogP contribution >= 0.6 is 11.6 Å². The zero-order chi connectivity index (χ0) is 10.2. The highest BCUT2D eigenvalue weighted by atomic mass is 35.5. The summed E-state index contributed by atoms with van der Waals surface area (Å²) in [5.41, 5.74) is 3.60. The van der Waals surface area contributed by atoms with Gasteiger partial charge in [0.1, 0.15) is 10.8 Å². The Kier molecular flexibility index (Phi) is 2.34. The fraction of sp³-hybridized carbons (Fsp3) is 0.167. The Bertz CT molecular complexity index is 336. The van der Waals surface area contributed by atoms with Gasteiger partial charge in [-0.1, -0.05) is 11.6 Å². The van der Waals surface area contributed by atoms with Crippen molar-refractivity contribution in [2.45, 2.75) is 6.18 Å². The first-order valence-corrected chi connectivity index (χ1v) is 3.39. The molecule has 1 heterocycles. The number of nitrogens with two attached hydrogens (primary N) is 1. The van der Waals surface area contributed by atoms with Crippen molar-refractivity contribution in [3.8, 4) is 0 Å².